The number of thioether (sulfide) groups is 1. The number of fused-ring (bicyclic) bond motifs is 9. The van der Waals surface area contributed by atoms with E-state index in [1.807, 2.05) is 31.2 Å². The van der Waals surface area contributed by atoms with E-state index in [4.69, 9.17) is 9.47 Å². The van der Waals surface area contributed by atoms with Crippen molar-refractivity contribution < 1.29 is 28.2 Å². The Hall–Kier alpha value is -3.94. The first-order chi connectivity index (χ1) is 23.2. The molecule has 1 aromatic heterocycles. The van der Waals surface area contributed by atoms with Gasteiger partial charge in [0.25, 0.3) is 5.91 Å². The average Bonchev–Trinajstić information content (AvgIpc) is 3.81. The molecule has 3 heterocycles. The molecule has 0 radical (unpaired) electrons. The quantitative estimate of drug-likeness (QED) is 0.200. The Morgan fingerprint density at radius 3 is 2.44 bits per heavy atom. The van der Waals surface area contributed by atoms with E-state index in [-0.39, 0.29) is 58.1 Å². The molecule has 48 heavy (non-hydrogen) atoms. The topological polar surface area (TPSA) is 118 Å². The summed E-state index contributed by atoms with van der Waals surface area (Å²) in [4.78, 5) is 58.4. The fraction of sp³-hybridized carbons (Fsp3) is 0.314. The van der Waals surface area contributed by atoms with Gasteiger partial charge in [-0.05, 0) is 97.3 Å². The SMILES string of the molecule is CCOc1cc([C@H]2c3sc(=O)[nH]c3SC3C2[C@H]2C[C@@H]3C3C(=O)N(c4ccc(Br)cc4)C(=O)C32)ccc1OCC(=O)Nc1ccc(F)cc1. The zero-order chi connectivity index (χ0) is 33.3. The van der Waals surface area contributed by atoms with Gasteiger partial charge in [0.15, 0.2) is 18.1 Å². The lowest BCUT2D eigenvalue weighted by molar-refractivity contribution is -0.123. The van der Waals surface area contributed by atoms with Gasteiger partial charge in [0.05, 0.1) is 29.2 Å². The number of nitrogens with zero attached hydrogens (tertiary/aromatic N) is 1. The van der Waals surface area contributed by atoms with Gasteiger partial charge in [-0.1, -0.05) is 33.3 Å². The van der Waals surface area contributed by atoms with E-state index in [0.717, 1.165) is 26.4 Å². The summed E-state index contributed by atoms with van der Waals surface area (Å²) < 4.78 is 26.0. The van der Waals surface area contributed by atoms with Gasteiger partial charge in [-0.3, -0.25) is 24.1 Å². The Balaban J connectivity index is 1.10. The third kappa shape index (κ3) is 5.17. The minimum Gasteiger partial charge on any atom is -0.490 e. The summed E-state index contributed by atoms with van der Waals surface area (Å²) in [7, 11) is 0. The van der Waals surface area contributed by atoms with Crippen LogP contribution < -0.4 is 24.6 Å². The first kappa shape index (κ1) is 31.3. The summed E-state index contributed by atoms with van der Waals surface area (Å²) in [5, 5.41) is 3.55. The van der Waals surface area contributed by atoms with Crippen molar-refractivity contribution >= 4 is 68.1 Å². The second-order valence-electron chi connectivity index (χ2n) is 12.4. The van der Waals surface area contributed by atoms with Gasteiger partial charge in [-0.2, -0.15) is 0 Å². The van der Waals surface area contributed by atoms with E-state index in [1.54, 1.807) is 30.0 Å². The minimum absolute atomic E-state index is 0.000427. The summed E-state index contributed by atoms with van der Waals surface area (Å²) in [6, 6.07) is 18.3. The third-order valence-electron chi connectivity index (χ3n) is 9.92. The van der Waals surface area contributed by atoms with Gasteiger partial charge in [-0.25, -0.2) is 4.39 Å². The molecule has 2 saturated carbocycles. The molecule has 4 aliphatic rings. The molecule has 2 bridgehead atoms. The zero-order valence-electron chi connectivity index (χ0n) is 25.5. The van der Waals surface area contributed by atoms with Gasteiger partial charge < -0.3 is 19.8 Å². The first-order valence-corrected chi connectivity index (χ1v) is 18.2. The number of ether oxygens (including phenoxy) is 2. The van der Waals surface area contributed by atoms with Crippen molar-refractivity contribution in [1.29, 1.82) is 0 Å². The van der Waals surface area contributed by atoms with Crippen LogP contribution in [0.2, 0.25) is 0 Å². The molecule has 7 atom stereocenters. The lowest BCUT2D eigenvalue weighted by Gasteiger charge is -2.43. The number of carbonyl (C=O) groups excluding carboxylic acids is 3. The van der Waals surface area contributed by atoms with Crippen molar-refractivity contribution in [2.24, 2.45) is 29.6 Å². The highest BCUT2D eigenvalue weighted by atomic mass is 79.9. The normalized spacial score (nSPS) is 26.6. The van der Waals surface area contributed by atoms with E-state index >= 15 is 0 Å². The minimum atomic E-state index is -0.415. The number of aromatic nitrogens is 1. The number of halogens is 2. The summed E-state index contributed by atoms with van der Waals surface area (Å²) in [6.45, 7) is 1.92. The standard InChI is InChI=1S/C35H29BrFN3O6S2/c1-2-45-24-13-16(3-12-23(24)46-15-25(41)38-19-8-6-18(37)7-9-19)26-27-21-14-22(30(27)47-32-31(26)48-35(44)39-32)29-28(21)33(42)40(34(29)43)20-10-4-17(36)5-11-20/h3-13,21-22,26-30H,2,14-15H2,1H3,(H,38,41)(H,39,44)/t21-,22-,26-,27?,28?,29?,30?/m1/s1. The van der Waals surface area contributed by atoms with Crippen molar-refractivity contribution in [2.45, 2.75) is 29.5 Å². The zero-order valence-corrected chi connectivity index (χ0v) is 28.7. The maximum Gasteiger partial charge on any atom is 0.305 e. The number of anilines is 2. The molecule has 8 rings (SSSR count). The van der Waals surface area contributed by atoms with Crippen LogP contribution in [0.4, 0.5) is 15.8 Å². The third-order valence-corrected chi connectivity index (χ3v) is 13.0. The second-order valence-corrected chi connectivity index (χ2v) is 15.6. The van der Waals surface area contributed by atoms with Crippen LogP contribution in [0.3, 0.4) is 0 Å². The largest absolute Gasteiger partial charge is 0.490 e. The van der Waals surface area contributed by atoms with Gasteiger partial charge >= 0.3 is 4.87 Å². The molecule has 3 amide bonds. The van der Waals surface area contributed by atoms with Crippen molar-refractivity contribution in [2.75, 3.05) is 23.4 Å². The molecule has 4 aromatic rings. The summed E-state index contributed by atoms with van der Waals surface area (Å²) in [6.07, 6.45) is 0.779. The van der Waals surface area contributed by atoms with Crippen LogP contribution in [0.5, 0.6) is 11.5 Å². The summed E-state index contributed by atoms with van der Waals surface area (Å²) >= 11 is 6.26. The molecule has 4 unspecified atom stereocenters. The van der Waals surface area contributed by atoms with Crippen LogP contribution >= 0.6 is 39.0 Å². The number of nitrogens with one attached hydrogen (secondary N) is 2. The highest BCUT2D eigenvalue weighted by Crippen LogP contribution is 2.68. The van der Waals surface area contributed by atoms with Crippen molar-refractivity contribution in [1.82, 2.24) is 4.98 Å². The average molecular weight is 751 g/mol. The summed E-state index contributed by atoms with van der Waals surface area (Å²) in [5.74, 6) is -1.27. The maximum atomic E-state index is 14.0. The van der Waals surface area contributed by atoms with E-state index in [9.17, 15) is 23.6 Å². The lowest BCUT2D eigenvalue weighted by atomic mass is 9.68. The first-order valence-electron chi connectivity index (χ1n) is 15.7. The van der Waals surface area contributed by atoms with Crippen LogP contribution in [-0.2, 0) is 14.4 Å². The second kappa shape index (κ2) is 12.2. The molecule has 2 aliphatic heterocycles. The Morgan fingerprint density at radius 2 is 1.71 bits per heavy atom. The summed E-state index contributed by atoms with van der Waals surface area (Å²) in [5.41, 5.74) is 1.95. The van der Waals surface area contributed by atoms with Crippen molar-refractivity contribution in [3.05, 3.63) is 97.1 Å². The number of carbonyl (C=O) groups is 3. The number of rotatable bonds is 8. The molecule has 1 saturated heterocycles. The molecule has 246 valence electrons. The van der Waals surface area contributed by atoms with E-state index in [0.29, 0.717) is 29.5 Å². The number of hydrogen-bond donors (Lipinski definition) is 2. The van der Waals surface area contributed by atoms with E-state index in [2.05, 4.69) is 26.2 Å². The number of benzene rings is 3. The van der Waals surface area contributed by atoms with Crippen LogP contribution in [0, 0.1) is 35.4 Å². The molecule has 0 spiro atoms. The molecule has 3 fully saturated rings. The number of amides is 3. The Morgan fingerprint density at radius 1 is 0.979 bits per heavy atom. The predicted octanol–water partition coefficient (Wildman–Crippen LogP) is 6.43. The molecule has 9 nitrogen and oxygen atoms in total. The van der Waals surface area contributed by atoms with E-state index < -0.39 is 17.6 Å². The molecule has 13 heteroatoms. The molecular formula is C35H29BrFN3O6S2. The van der Waals surface area contributed by atoms with Crippen LogP contribution in [0.25, 0.3) is 0 Å². The molecule has 3 aromatic carbocycles. The fourth-order valence-electron chi connectivity index (χ4n) is 8.21. The van der Waals surface area contributed by atoms with Crippen LogP contribution in [0.15, 0.2) is 81.0 Å². The number of aromatic amines is 1. The number of thiazole rings is 1. The smallest absolute Gasteiger partial charge is 0.305 e. The molecule has 2 N–H and O–H groups in total. The van der Waals surface area contributed by atoms with Gasteiger partial charge in [0.2, 0.25) is 11.8 Å². The van der Waals surface area contributed by atoms with Gasteiger partial charge in [0, 0.05) is 26.2 Å². The Bertz CT molecular complexity index is 2000. The van der Waals surface area contributed by atoms with Gasteiger partial charge in [0.1, 0.15) is 5.82 Å². The maximum absolute atomic E-state index is 14.0. The Kier molecular flexibility index (Phi) is 7.96. The monoisotopic (exact) mass is 749 g/mol. The fourth-order valence-corrected chi connectivity index (χ4v) is 11.4. The number of H-pyrrole nitrogens is 1. The highest BCUT2D eigenvalue weighted by Gasteiger charge is 2.69. The number of hydrogen-bond acceptors (Lipinski definition) is 8. The molecular weight excluding hydrogens is 721 g/mol. The predicted molar refractivity (Wildman–Crippen MR) is 183 cm³/mol. The van der Waals surface area contributed by atoms with E-state index in [1.165, 1.54) is 40.5 Å². The Labute approximate surface area is 291 Å². The highest BCUT2D eigenvalue weighted by molar-refractivity contribution is 9.10. The lowest BCUT2D eigenvalue weighted by Crippen LogP contribution is -2.42. The van der Waals surface area contributed by atoms with Crippen molar-refractivity contribution in [3.8, 4) is 11.5 Å². The molecule has 2 aliphatic carbocycles. The van der Waals surface area contributed by atoms with Crippen molar-refractivity contribution in [3.63, 3.8) is 0 Å². The van der Waals surface area contributed by atoms with Crippen LogP contribution in [0.1, 0.15) is 29.7 Å². The number of imide groups is 1. The van der Waals surface area contributed by atoms with Gasteiger partial charge in [-0.15, -0.1) is 11.8 Å². The van der Waals surface area contributed by atoms with Crippen LogP contribution in [-0.4, -0.2) is 41.2 Å².